The summed E-state index contributed by atoms with van der Waals surface area (Å²) in [4.78, 5) is 13.3. The second kappa shape index (κ2) is 7.99. The van der Waals surface area contributed by atoms with E-state index >= 15 is 0 Å². The van der Waals surface area contributed by atoms with E-state index in [-0.39, 0.29) is 22.9 Å². The fourth-order valence-corrected chi connectivity index (χ4v) is 8.42. The van der Waals surface area contributed by atoms with Gasteiger partial charge < -0.3 is 5.11 Å². The number of aliphatic hydroxyl groups excluding tert-OH is 1. The van der Waals surface area contributed by atoms with Crippen molar-refractivity contribution in [3.63, 3.8) is 0 Å². The number of hydrogen-bond donors (Lipinski definition) is 1. The van der Waals surface area contributed by atoms with Crippen LogP contribution >= 0.6 is 15.9 Å². The van der Waals surface area contributed by atoms with Gasteiger partial charge in [0.05, 0.1) is 6.10 Å². The minimum absolute atomic E-state index is 0.131. The third-order valence-electron chi connectivity index (χ3n) is 9.75. The van der Waals surface area contributed by atoms with Crippen molar-refractivity contribution in [3.8, 4) is 0 Å². The van der Waals surface area contributed by atoms with Crippen LogP contribution in [0.2, 0.25) is 0 Å². The number of rotatable bonds is 3. The molecule has 4 aliphatic rings. The summed E-state index contributed by atoms with van der Waals surface area (Å²) < 4.78 is 1.03. The van der Waals surface area contributed by atoms with Gasteiger partial charge in [-0.2, -0.15) is 0 Å². The highest BCUT2D eigenvalue weighted by atomic mass is 79.9. The summed E-state index contributed by atoms with van der Waals surface area (Å²) in [6.07, 6.45) is 14.9. The zero-order valence-electron chi connectivity index (χ0n) is 18.8. The molecule has 0 amide bonds. The molecule has 0 radical (unpaired) electrons. The Balaban J connectivity index is 1.37. The minimum atomic E-state index is -0.144. The van der Waals surface area contributed by atoms with Gasteiger partial charge in [-0.3, -0.25) is 4.79 Å². The van der Waals surface area contributed by atoms with Gasteiger partial charge in [0, 0.05) is 10.4 Å². The molecular weight excluding hydrogens is 448 g/mol. The summed E-state index contributed by atoms with van der Waals surface area (Å²) in [7, 11) is 0. The van der Waals surface area contributed by atoms with E-state index in [1.807, 2.05) is 36.4 Å². The van der Waals surface area contributed by atoms with E-state index in [1.54, 1.807) is 0 Å². The van der Waals surface area contributed by atoms with E-state index < -0.39 is 0 Å². The molecule has 0 aliphatic heterocycles. The molecule has 31 heavy (non-hydrogen) atoms. The zero-order valence-corrected chi connectivity index (χ0v) is 20.4. The lowest BCUT2D eigenvalue weighted by Gasteiger charge is -2.57. The van der Waals surface area contributed by atoms with E-state index in [1.165, 1.54) is 24.8 Å². The van der Waals surface area contributed by atoms with Gasteiger partial charge in [-0.1, -0.05) is 65.7 Å². The number of hydrogen-bond acceptors (Lipinski definition) is 2. The number of carbonyl (C=O) groups is 1. The maximum atomic E-state index is 13.3. The van der Waals surface area contributed by atoms with Crippen LogP contribution in [0, 0.1) is 34.5 Å². The predicted molar refractivity (Wildman–Crippen MR) is 129 cm³/mol. The molecule has 3 heteroatoms. The lowest BCUT2D eigenvalue weighted by atomic mass is 9.47. The van der Waals surface area contributed by atoms with Crippen molar-refractivity contribution in [2.45, 2.75) is 71.3 Å². The van der Waals surface area contributed by atoms with Crippen molar-refractivity contribution in [1.82, 2.24) is 0 Å². The molecule has 5 rings (SSSR count). The molecule has 0 saturated heterocycles. The molecule has 4 aliphatic carbocycles. The Bertz CT molecular complexity index is 933. The molecule has 0 aromatic heterocycles. The lowest BCUT2D eigenvalue weighted by molar-refractivity contribution is -0.124. The Labute approximate surface area is 195 Å². The average Bonchev–Trinajstić information content (AvgIpc) is 3.11. The van der Waals surface area contributed by atoms with Gasteiger partial charge in [-0.05, 0) is 97.7 Å². The Hall–Kier alpha value is -1.19. The van der Waals surface area contributed by atoms with Crippen molar-refractivity contribution < 1.29 is 9.90 Å². The Morgan fingerprint density at radius 1 is 1.10 bits per heavy atom. The quantitative estimate of drug-likeness (QED) is 0.372. The first-order valence-corrected chi connectivity index (χ1v) is 13.0. The van der Waals surface area contributed by atoms with Gasteiger partial charge in [0.1, 0.15) is 0 Å². The second-order valence-corrected chi connectivity index (χ2v) is 11.9. The highest BCUT2D eigenvalue weighted by Gasteiger charge is 2.59. The Morgan fingerprint density at radius 2 is 1.90 bits per heavy atom. The van der Waals surface area contributed by atoms with Gasteiger partial charge in [-0.25, -0.2) is 0 Å². The third kappa shape index (κ3) is 3.51. The number of benzene rings is 1. The highest BCUT2D eigenvalue weighted by Crippen LogP contribution is 2.66. The fourth-order valence-electron chi connectivity index (χ4n) is 8.01. The summed E-state index contributed by atoms with van der Waals surface area (Å²) in [5, 5.41) is 10.2. The maximum absolute atomic E-state index is 13.3. The molecule has 0 heterocycles. The second-order valence-electron chi connectivity index (χ2n) is 11.1. The van der Waals surface area contributed by atoms with Crippen LogP contribution in [0.25, 0.3) is 6.08 Å². The average molecular weight is 483 g/mol. The third-order valence-corrected chi connectivity index (χ3v) is 10.5. The van der Waals surface area contributed by atoms with Crippen molar-refractivity contribution in [1.29, 1.82) is 0 Å². The molecule has 7 unspecified atom stereocenters. The van der Waals surface area contributed by atoms with E-state index in [2.05, 4.69) is 35.9 Å². The maximum Gasteiger partial charge on any atom is 0.159 e. The lowest BCUT2D eigenvalue weighted by Crippen LogP contribution is -2.50. The van der Waals surface area contributed by atoms with Crippen LogP contribution < -0.4 is 0 Å². The monoisotopic (exact) mass is 482 g/mol. The molecule has 2 nitrogen and oxygen atoms in total. The first-order chi connectivity index (χ1) is 14.8. The van der Waals surface area contributed by atoms with Gasteiger partial charge in [-0.15, -0.1) is 0 Å². The Morgan fingerprint density at radius 3 is 2.71 bits per heavy atom. The smallest absolute Gasteiger partial charge is 0.159 e. The summed E-state index contributed by atoms with van der Waals surface area (Å²) in [6, 6.07) is 8.08. The van der Waals surface area contributed by atoms with E-state index in [4.69, 9.17) is 0 Å². The van der Waals surface area contributed by atoms with Crippen LogP contribution in [0.5, 0.6) is 0 Å². The fraction of sp³-hybridized carbons (Fsp3) is 0.607. The summed E-state index contributed by atoms with van der Waals surface area (Å²) in [5.74, 6) is 2.55. The van der Waals surface area contributed by atoms with Gasteiger partial charge in [0.15, 0.2) is 5.78 Å². The van der Waals surface area contributed by atoms with E-state index in [9.17, 15) is 9.90 Å². The number of halogens is 1. The van der Waals surface area contributed by atoms with Crippen molar-refractivity contribution in [2.24, 2.45) is 34.5 Å². The molecule has 1 aromatic rings. The Kier molecular flexibility index (Phi) is 5.58. The van der Waals surface area contributed by atoms with Crippen LogP contribution in [0.3, 0.4) is 0 Å². The predicted octanol–water partition coefficient (Wildman–Crippen LogP) is 6.97. The number of aliphatic hydroxyl groups is 1. The van der Waals surface area contributed by atoms with Crippen LogP contribution in [-0.4, -0.2) is 17.0 Å². The molecule has 7 atom stereocenters. The standard InChI is InChI=1S/C28H35BrO2/c1-27-15-13-20(30)17-19(27)8-9-21-22-10-11-24(28(22,2)16-14-23(21)27)26(31)12-7-18-5-3-4-6-25(18)29/h3-8,12,20-24,30H,9-11,13-17H2,1-2H3/b12-7+. The molecule has 1 N–H and O–H groups in total. The summed E-state index contributed by atoms with van der Waals surface area (Å²) in [6.45, 7) is 4.89. The number of carbonyl (C=O) groups excluding carboxylic acids is 1. The summed E-state index contributed by atoms with van der Waals surface area (Å²) >= 11 is 3.59. The van der Waals surface area contributed by atoms with Crippen LogP contribution in [0.1, 0.15) is 70.8 Å². The van der Waals surface area contributed by atoms with E-state index in [0.29, 0.717) is 17.6 Å². The molecule has 0 spiro atoms. The van der Waals surface area contributed by atoms with Crippen LogP contribution in [0.4, 0.5) is 0 Å². The molecule has 3 fully saturated rings. The highest BCUT2D eigenvalue weighted by molar-refractivity contribution is 9.10. The topological polar surface area (TPSA) is 37.3 Å². The molecular formula is C28H35BrO2. The van der Waals surface area contributed by atoms with Crippen molar-refractivity contribution in [2.75, 3.05) is 0 Å². The normalized spacial score (nSPS) is 41.9. The first kappa shape index (κ1) is 21.6. The van der Waals surface area contributed by atoms with Gasteiger partial charge in [0.25, 0.3) is 0 Å². The largest absolute Gasteiger partial charge is 0.393 e. The molecule has 166 valence electrons. The summed E-state index contributed by atoms with van der Waals surface area (Å²) in [5.41, 5.74) is 2.99. The molecule has 1 aromatic carbocycles. The SMILES string of the molecule is CC12CCC(O)CC1=CCC1C2CCC2(C)C(C(=O)/C=C/c3ccccc3Br)CCC12. The van der Waals surface area contributed by atoms with Crippen molar-refractivity contribution in [3.05, 3.63) is 52.0 Å². The zero-order chi connectivity index (χ0) is 21.8. The van der Waals surface area contributed by atoms with Crippen molar-refractivity contribution >= 4 is 27.8 Å². The van der Waals surface area contributed by atoms with Crippen LogP contribution in [-0.2, 0) is 4.79 Å². The number of allylic oxidation sites excluding steroid dienone is 2. The van der Waals surface area contributed by atoms with E-state index in [0.717, 1.165) is 48.1 Å². The first-order valence-electron chi connectivity index (χ1n) is 12.2. The molecule has 0 bridgehead atoms. The van der Waals surface area contributed by atoms with Crippen LogP contribution in [0.15, 0.2) is 46.5 Å². The number of fused-ring (bicyclic) bond motifs is 5. The number of ketones is 1. The minimum Gasteiger partial charge on any atom is -0.393 e. The molecule has 3 saturated carbocycles. The van der Waals surface area contributed by atoms with Gasteiger partial charge in [0.2, 0.25) is 0 Å². The van der Waals surface area contributed by atoms with Gasteiger partial charge >= 0.3 is 0 Å².